The third-order valence-corrected chi connectivity index (χ3v) is 3.61. The largest absolute Gasteiger partial charge is 0.309 e. The Morgan fingerprint density at radius 3 is 2.27 bits per heavy atom. The zero-order valence-electron chi connectivity index (χ0n) is 9.76. The first kappa shape index (κ1) is 13.0. The minimum Gasteiger partial charge on any atom is -0.309 e. The molecule has 0 bridgehead atoms. The molecule has 0 fully saturated rings. The van der Waals surface area contributed by atoms with Gasteiger partial charge in [0.25, 0.3) is 0 Å². The predicted octanol–water partition coefficient (Wildman–Crippen LogP) is 3.54. The summed E-state index contributed by atoms with van der Waals surface area (Å²) in [5.74, 6) is 0.701. The summed E-state index contributed by atoms with van der Waals surface area (Å²) in [4.78, 5) is 0. The first-order valence-corrected chi connectivity index (χ1v) is 7.01. The fourth-order valence-electron chi connectivity index (χ4n) is 1.42. The van der Waals surface area contributed by atoms with E-state index in [2.05, 4.69) is 72.9 Å². The van der Waals surface area contributed by atoms with Crippen LogP contribution in [0.25, 0.3) is 0 Å². The van der Waals surface area contributed by atoms with Crippen LogP contribution in [0.1, 0.15) is 25.0 Å². The molecule has 0 aromatic heterocycles. The highest BCUT2D eigenvalue weighted by Gasteiger charge is 2.10. The van der Waals surface area contributed by atoms with Gasteiger partial charge < -0.3 is 5.32 Å². The minimum atomic E-state index is 0.618. The lowest BCUT2D eigenvalue weighted by molar-refractivity contribution is 0.436. The molecule has 1 N–H and O–H groups in total. The van der Waals surface area contributed by atoms with Gasteiger partial charge in [0, 0.05) is 17.0 Å². The smallest absolute Gasteiger partial charge is 0.0208 e. The van der Waals surface area contributed by atoms with E-state index in [1.54, 1.807) is 0 Å². The summed E-state index contributed by atoms with van der Waals surface area (Å²) < 4.78 is 1.17. The molecule has 1 aromatic carbocycles. The van der Waals surface area contributed by atoms with Crippen LogP contribution in [0.3, 0.4) is 0 Å². The van der Waals surface area contributed by atoms with E-state index in [-0.39, 0.29) is 0 Å². The molecule has 0 heterocycles. The van der Waals surface area contributed by atoms with Crippen molar-refractivity contribution in [1.82, 2.24) is 5.32 Å². The van der Waals surface area contributed by atoms with Gasteiger partial charge in [0.15, 0.2) is 0 Å². The summed E-state index contributed by atoms with van der Waals surface area (Å²) in [6.45, 7) is 7.64. The van der Waals surface area contributed by atoms with Crippen LogP contribution < -0.4 is 5.32 Å². The zero-order valence-corrected chi connectivity index (χ0v) is 11.9. The maximum atomic E-state index is 3.60. The Morgan fingerprint density at radius 1 is 1.20 bits per heavy atom. The predicted molar refractivity (Wildman–Crippen MR) is 75.5 cm³/mol. The maximum Gasteiger partial charge on any atom is 0.0208 e. The van der Waals surface area contributed by atoms with Gasteiger partial charge in [-0.05, 0) is 18.4 Å². The first-order valence-electron chi connectivity index (χ1n) is 5.48. The van der Waals surface area contributed by atoms with Gasteiger partial charge in [-0.1, -0.05) is 66.3 Å². The van der Waals surface area contributed by atoms with E-state index in [1.165, 1.54) is 15.6 Å². The van der Waals surface area contributed by atoms with Gasteiger partial charge >= 0.3 is 0 Å². The Bertz CT molecular complexity index is 279. The Balaban J connectivity index is 2.45. The Morgan fingerprint density at radius 2 is 1.80 bits per heavy atom. The summed E-state index contributed by atoms with van der Waals surface area (Å²) >= 11 is 2.45. The SMILES string of the molecule is Cc1ccc(CNC(CI)C(C)C)cc1. The van der Waals surface area contributed by atoms with Gasteiger partial charge in [0.2, 0.25) is 0 Å². The fraction of sp³-hybridized carbons (Fsp3) is 0.538. The lowest BCUT2D eigenvalue weighted by atomic mass is 10.1. The van der Waals surface area contributed by atoms with Crippen molar-refractivity contribution in [2.75, 3.05) is 4.43 Å². The van der Waals surface area contributed by atoms with E-state index in [9.17, 15) is 0 Å². The van der Waals surface area contributed by atoms with Gasteiger partial charge in [0.05, 0.1) is 0 Å². The van der Waals surface area contributed by atoms with Crippen molar-refractivity contribution in [3.05, 3.63) is 35.4 Å². The quantitative estimate of drug-likeness (QED) is 0.647. The number of hydrogen-bond donors (Lipinski definition) is 1. The Labute approximate surface area is 107 Å². The molecule has 84 valence electrons. The number of benzene rings is 1. The van der Waals surface area contributed by atoms with Gasteiger partial charge in [-0.15, -0.1) is 0 Å². The molecule has 0 amide bonds. The topological polar surface area (TPSA) is 12.0 Å². The molecule has 1 atom stereocenters. The average Bonchev–Trinajstić information content (AvgIpc) is 2.21. The van der Waals surface area contributed by atoms with Crippen molar-refractivity contribution in [1.29, 1.82) is 0 Å². The van der Waals surface area contributed by atoms with Crippen LogP contribution in [0.2, 0.25) is 0 Å². The fourth-order valence-corrected chi connectivity index (χ4v) is 2.75. The molecule has 0 aliphatic rings. The summed E-state index contributed by atoms with van der Waals surface area (Å²) in [5, 5.41) is 3.60. The van der Waals surface area contributed by atoms with E-state index >= 15 is 0 Å². The highest BCUT2D eigenvalue weighted by Crippen LogP contribution is 2.08. The molecular formula is C13H20IN. The van der Waals surface area contributed by atoms with Crippen LogP contribution in [0, 0.1) is 12.8 Å². The number of aryl methyl sites for hydroxylation is 1. The maximum absolute atomic E-state index is 3.60. The Hall–Kier alpha value is -0.0900. The second kappa shape index (κ2) is 6.48. The zero-order chi connectivity index (χ0) is 11.3. The van der Waals surface area contributed by atoms with Crippen LogP contribution in [-0.2, 0) is 6.54 Å². The molecule has 0 aliphatic carbocycles. The lowest BCUT2D eigenvalue weighted by Crippen LogP contribution is -2.34. The second-order valence-corrected chi connectivity index (χ2v) is 5.25. The van der Waals surface area contributed by atoms with Crippen molar-refractivity contribution in [2.45, 2.75) is 33.4 Å². The number of nitrogens with one attached hydrogen (secondary N) is 1. The molecule has 1 nitrogen and oxygen atoms in total. The van der Waals surface area contributed by atoms with Crippen molar-refractivity contribution in [2.24, 2.45) is 5.92 Å². The van der Waals surface area contributed by atoms with Crippen molar-refractivity contribution in [3.63, 3.8) is 0 Å². The summed E-state index contributed by atoms with van der Waals surface area (Å²) in [5.41, 5.74) is 2.70. The van der Waals surface area contributed by atoms with Gasteiger partial charge in [-0.2, -0.15) is 0 Å². The summed E-state index contributed by atoms with van der Waals surface area (Å²) in [6, 6.07) is 9.36. The van der Waals surface area contributed by atoms with Crippen LogP contribution in [0.4, 0.5) is 0 Å². The second-order valence-electron chi connectivity index (χ2n) is 4.37. The molecule has 0 spiro atoms. The van der Waals surface area contributed by atoms with Gasteiger partial charge in [-0.3, -0.25) is 0 Å². The number of hydrogen-bond acceptors (Lipinski definition) is 1. The van der Waals surface area contributed by atoms with E-state index in [0.717, 1.165) is 6.54 Å². The molecular weight excluding hydrogens is 297 g/mol. The number of halogens is 1. The van der Waals surface area contributed by atoms with Gasteiger partial charge in [0.1, 0.15) is 0 Å². The molecule has 0 aliphatic heterocycles. The molecule has 0 radical (unpaired) electrons. The normalized spacial score (nSPS) is 13.1. The van der Waals surface area contributed by atoms with Crippen LogP contribution in [0.15, 0.2) is 24.3 Å². The third-order valence-electron chi connectivity index (χ3n) is 2.66. The molecule has 2 heteroatoms. The molecule has 1 unspecified atom stereocenters. The van der Waals surface area contributed by atoms with Crippen LogP contribution >= 0.6 is 22.6 Å². The van der Waals surface area contributed by atoms with Crippen molar-refractivity contribution < 1.29 is 0 Å². The average molecular weight is 317 g/mol. The minimum absolute atomic E-state index is 0.618. The monoisotopic (exact) mass is 317 g/mol. The van der Waals surface area contributed by atoms with Gasteiger partial charge in [-0.25, -0.2) is 0 Å². The highest BCUT2D eigenvalue weighted by atomic mass is 127. The molecule has 0 saturated heterocycles. The molecule has 1 rings (SSSR count). The van der Waals surface area contributed by atoms with Crippen molar-refractivity contribution in [3.8, 4) is 0 Å². The highest BCUT2D eigenvalue weighted by molar-refractivity contribution is 14.1. The number of rotatable bonds is 5. The third kappa shape index (κ3) is 4.51. The first-order chi connectivity index (χ1) is 7.13. The molecule has 0 saturated carbocycles. The van der Waals surface area contributed by atoms with Crippen LogP contribution in [-0.4, -0.2) is 10.5 Å². The van der Waals surface area contributed by atoms with Crippen molar-refractivity contribution >= 4 is 22.6 Å². The van der Waals surface area contributed by atoms with E-state index in [0.29, 0.717) is 12.0 Å². The van der Waals surface area contributed by atoms with E-state index in [1.807, 2.05) is 0 Å². The van der Waals surface area contributed by atoms with E-state index in [4.69, 9.17) is 0 Å². The van der Waals surface area contributed by atoms with E-state index < -0.39 is 0 Å². The summed E-state index contributed by atoms with van der Waals surface area (Å²) in [7, 11) is 0. The molecule has 1 aromatic rings. The Kier molecular flexibility index (Phi) is 5.61. The summed E-state index contributed by atoms with van der Waals surface area (Å²) in [6.07, 6.45) is 0. The van der Waals surface area contributed by atoms with Crippen LogP contribution in [0.5, 0.6) is 0 Å². The lowest BCUT2D eigenvalue weighted by Gasteiger charge is -2.20. The molecule has 15 heavy (non-hydrogen) atoms. The number of alkyl halides is 1. The standard InChI is InChI=1S/C13H20IN/c1-10(2)13(8-14)15-9-12-6-4-11(3)5-7-12/h4-7,10,13,15H,8-9H2,1-3H3.